The number of aliphatic hydroxyl groups excluding tert-OH is 1. The fraction of sp³-hybridized carbons (Fsp3) is 0.483. The number of hydrogen-bond donors (Lipinski definition) is 1. The highest BCUT2D eigenvalue weighted by atomic mass is 16.5. The van der Waals surface area contributed by atoms with E-state index in [0.29, 0.717) is 38.1 Å². The lowest BCUT2D eigenvalue weighted by Gasteiger charge is -2.26. The smallest absolute Gasteiger partial charge is 0.227 e. The Morgan fingerprint density at radius 1 is 1.06 bits per heavy atom. The molecule has 7 nitrogen and oxygen atoms in total. The zero-order chi connectivity index (χ0) is 25.5. The number of hydrogen-bond acceptors (Lipinski definition) is 6. The number of ether oxygens (including phenoxy) is 3. The highest BCUT2D eigenvalue weighted by molar-refractivity contribution is 5.46. The quantitative estimate of drug-likeness (QED) is 0.324. The van der Waals surface area contributed by atoms with Crippen LogP contribution in [-0.2, 0) is 11.3 Å². The first-order valence-electron chi connectivity index (χ1n) is 13.0. The molecule has 1 atom stereocenters. The molecule has 0 aliphatic heterocycles. The van der Waals surface area contributed by atoms with E-state index in [1.54, 1.807) is 7.11 Å². The highest BCUT2D eigenvalue weighted by Crippen LogP contribution is 2.36. The Balaban J connectivity index is 1.73. The molecule has 7 heteroatoms. The highest BCUT2D eigenvalue weighted by Gasteiger charge is 2.29. The summed E-state index contributed by atoms with van der Waals surface area (Å²) in [5.41, 5.74) is 2.95. The molecule has 1 aliphatic carbocycles. The van der Waals surface area contributed by atoms with Gasteiger partial charge in [0.25, 0.3) is 0 Å². The predicted octanol–water partition coefficient (Wildman–Crippen LogP) is 5.41. The van der Waals surface area contributed by atoms with Gasteiger partial charge in [0.15, 0.2) is 0 Å². The Morgan fingerprint density at radius 2 is 1.78 bits per heavy atom. The Kier molecular flexibility index (Phi) is 9.02. The van der Waals surface area contributed by atoms with Crippen molar-refractivity contribution in [2.24, 2.45) is 5.92 Å². The molecule has 0 saturated heterocycles. The maximum Gasteiger partial charge on any atom is 0.227 e. The van der Waals surface area contributed by atoms with Crippen molar-refractivity contribution in [2.45, 2.75) is 52.2 Å². The van der Waals surface area contributed by atoms with Crippen molar-refractivity contribution in [2.75, 3.05) is 33.4 Å². The van der Waals surface area contributed by atoms with Gasteiger partial charge in [-0.25, -0.2) is 4.68 Å². The van der Waals surface area contributed by atoms with Crippen LogP contribution in [0.25, 0.3) is 5.69 Å². The van der Waals surface area contributed by atoms with Gasteiger partial charge in [0.2, 0.25) is 5.88 Å². The lowest BCUT2D eigenvalue weighted by molar-refractivity contribution is 0.0185. The molecule has 0 unspecified atom stereocenters. The third-order valence-electron chi connectivity index (χ3n) is 6.37. The first-order chi connectivity index (χ1) is 17.5. The molecule has 1 saturated carbocycles. The maximum atomic E-state index is 10.6. The minimum Gasteiger partial charge on any atom is -0.497 e. The Hall–Kier alpha value is -2.87. The lowest BCUT2D eigenvalue weighted by Crippen LogP contribution is -2.36. The summed E-state index contributed by atoms with van der Waals surface area (Å²) in [6.07, 6.45) is 1.95. The summed E-state index contributed by atoms with van der Waals surface area (Å²) in [5.74, 6) is 3.14. The van der Waals surface area contributed by atoms with Gasteiger partial charge in [0, 0.05) is 26.2 Å². The van der Waals surface area contributed by atoms with E-state index in [2.05, 4.69) is 18.7 Å². The first kappa shape index (κ1) is 26.2. The van der Waals surface area contributed by atoms with E-state index < -0.39 is 6.10 Å². The summed E-state index contributed by atoms with van der Waals surface area (Å²) in [6.45, 7) is 9.34. The van der Waals surface area contributed by atoms with Crippen molar-refractivity contribution in [3.8, 4) is 23.1 Å². The van der Waals surface area contributed by atoms with Gasteiger partial charge in [-0.05, 0) is 68.0 Å². The molecular formula is C29H39N3O4. The van der Waals surface area contributed by atoms with Crippen LogP contribution in [-0.4, -0.2) is 59.3 Å². The Labute approximate surface area is 214 Å². The van der Waals surface area contributed by atoms with E-state index in [1.807, 2.05) is 66.2 Å². The van der Waals surface area contributed by atoms with Crippen molar-refractivity contribution in [3.05, 3.63) is 65.9 Å². The third-order valence-corrected chi connectivity index (χ3v) is 6.37. The molecule has 0 radical (unpaired) electrons. The molecule has 4 rings (SSSR count). The SMILES string of the molecule is CCOC[C@@H](O)CN(Cc1c(C(C)C)nn(-c2ccc(OC)cc2)c1Oc1ccccc1)CC1CC1. The second-order valence-corrected chi connectivity index (χ2v) is 9.80. The molecule has 0 spiro atoms. The number of para-hydroxylation sites is 1. The van der Waals surface area contributed by atoms with Gasteiger partial charge in [-0.2, -0.15) is 5.10 Å². The fourth-order valence-corrected chi connectivity index (χ4v) is 4.36. The summed E-state index contributed by atoms with van der Waals surface area (Å²) >= 11 is 0. The largest absolute Gasteiger partial charge is 0.497 e. The third kappa shape index (κ3) is 6.87. The predicted molar refractivity (Wildman–Crippen MR) is 141 cm³/mol. The summed E-state index contributed by atoms with van der Waals surface area (Å²) in [5, 5.41) is 15.7. The van der Waals surface area contributed by atoms with Crippen molar-refractivity contribution >= 4 is 0 Å². The van der Waals surface area contributed by atoms with E-state index in [4.69, 9.17) is 19.3 Å². The molecule has 36 heavy (non-hydrogen) atoms. The van der Waals surface area contributed by atoms with E-state index in [1.165, 1.54) is 12.8 Å². The van der Waals surface area contributed by atoms with Gasteiger partial charge in [0.1, 0.15) is 11.5 Å². The van der Waals surface area contributed by atoms with Crippen LogP contribution in [0.1, 0.15) is 50.8 Å². The van der Waals surface area contributed by atoms with Crippen molar-refractivity contribution in [3.63, 3.8) is 0 Å². The van der Waals surface area contributed by atoms with E-state index in [-0.39, 0.29) is 5.92 Å². The summed E-state index contributed by atoms with van der Waals surface area (Å²) in [6, 6.07) is 17.7. The van der Waals surface area contributed by atoms with Gasteiger partial charge in [0.05, 0.1) is 36.8 Å². The number of benzene rings is 2. The molecular weight excluding hydrogens is 454 g/mol. The van der Waals surface area contributed by atoms with Gasteiger partial charge < -0.3 is 19.3 Å². The topological polar surface area (TPSA) is 69.0 Å². The molecule has 1 aliphatic rings. The average molecular weight is 494 g/mol. The summed E-state index contributed by atoms with van der Waals surface area (Å²) < 4.78 is 19.3. The van der Waals surface area contributed by atoms with Gasteiger partial charge in [-0.1, -0.05) is 32.0 Å². The molecule has 194 valence electrons. The van der Waals surface area contributed by atoms with Gasteiger partial charge in [-0.3, -0.25) is 4.90 Å². The van der Waals surface area contributed by atoms with Crippen molar-refractivity contribution in [1.29, 1.82) is 0 Å². The Morgan fingerprint density at radius 3 is 2.39 bits per heavy atom. The molecule has 2 aromatic carbocycles. The van der Waals surface area contributed by atoms with E-state index >= 15 is 0 Å². The first-order valence-corrected chi connectivity index (χ1v) is 13.0. The van der Waals surface area contributed by atoms with Gasteiger partial charge in [-0.15, -0.1) is 0 Å². The zero-order valence-corrected chi connectivity index (χ0v) is 21.9. The number of nitrogens with zero attached hydrogens (tertiary/aromatic N) is 3. The maximum absolute atomic E-state index is 10.6. The molecule has 0 amide bonds. The number of aliphatic hydroxyl groups is 1. The van der Waals surface area contributed by atoms with Crippen LogP contribution in [0, 0.1) is 5.92 Å². The number of methoxy groups -OCH3 is 1. The van der Waals surface area contributed by atoms with Crippen LogP contribution >= 0.6 is 0 Å². The summed E-state index contributed by atoms with van der Waals surface area (Å²) in [4.78, 5) is 2.33. The normalized spacial score (nSPS) is 14.4. The molecule has 1 aromatic heterocycles. The molecule has 1 heterocycles. The monoisotopic (exact) mass is 493 g/mol. The fourth-order valence-electron chi connectivity index (χ4n) is 4.36. The number of aromatic nitrogens is 2. The molecule has 0 bridgehead atoms. The van der Waals surface area contributed by atoms with Crippen LogP contribution in [0.5, 0.6) is 17.4 Å². The molecule has 1 N–H and O–H groups in total. The number of rotatable bonds is 14. The Bertz CT molecular complexity index is 1080. The van der Waals surface area contributed by atoms with Crippen molar-refractivity contribution in [1.82, 2.24) is 14.7 Å². The minimum absolute atomic E-state index is 0.203. The lowest BCUT2D eigenvalue weighted by atomic mass is 10.1. The van der Waals surface area contributed by atoms with E-state index in [0.717, 1.165) is 35.0 Å². The van der Waals surface area contributed by atoms with Gasteiger partial charge >= 0.3 is 0 Å². The standard InChI is InChI=1S/C29H39N3O4/c1-5-35-20-24(33)18-31(17-22-11-12-22)19-27-28(21(2)3)30-32(23-13-15-25(34-4)16-14-23)29(27)36-26-9-7-6-8-10-26/h6-10,13-16,21-22,24,33H,5,11-12,17-20H2,1-4H3/t24-/m0/s1. The molecule has 3 aromatic rings. The van der Waals surface area contributed by atoms with Crippen LogP contribution in [0.15, 0.2) is 54.6 Å². The van der Waals surface area contributed by atoms with Crippen LogP contribution < -0.4 is 9.47 Å². The minimum atomic E-state index is -0.540. The van der Waals surface area contributed by atoms with Crippen molar-refractivity contribution < 1.29 is 19.3 Å². The summed E-state index contributed by atoms with van der Waals surface area (Å²) in [7, 11) is 1.66. The van der Waals surface area contributed by atoms with Crippen LogP contribution in [0.4, 0.5) is 0 Å². The zero-order valence-electron chi connectivity index (χ0n) is 21.9. The molecule has 1 fully saturated rings. The van der Waals surface area contributed by atoms with Crippen LogP contribution in [0.3, 0.4) is 0 Å². The second-order valence-electron chi connectivity index (χ2n) is 9.80. The van der Waals surface area contributed by atoms with Crippen LogP contribution in [0.2, 0.25) is 0 Å². The van der Waals surface area contributed by atoms with E-state index in [9.17, 15) is 5.11 Å². The second kappa shape index (κ2) is 12.4. The average Bonchev–Trinajstić information content (AvgIpc) is 3.63.